The highest BCUT2D eigenvalue weighted by Gasteiger charge is 2.25. The standard InChI is InChI=1S/C39H46N2O4/c1-8-41(25-31-22-28(3)37(29(4)23-31)44-26-30-16-14-27(2)15-17-30)36(42)24-35(40-38(43)45-39(5,6)7)34-20-18-33(19-21-34)32-12-10-9-11-13-32/h9-23,35H,8,24-26H2,1-7H3,(H,40,43)/t35-/m1/s1. The van der Waals surface area contributed by atoms with Crippen LogP contribution >= 0.6 is 0 Å². The molecule has 0 aromatic heterocycles. The lowest BCUT2D eigenvalue weighted by molar-refractivity contribution is -0.132. The molecule has 1 N–H and O–H groups in total. The maximum Gasteiger partial charge on any atom is 0.408 e. The fourth-order valence-electron chi connectivity index (χ4n) is 5.34. The smallest absolute Gasteiger partial charge is 0.408 e. The van der Waals surface area contributed by atoms with Crippen LogP contribution in [0.2, 0.25) is 0 Å². The van der Waals surface area contributed by atoms with E-state index in [1.807, 2.05) is 88.9 Å². The van der Waals surface area contributed by atoms with Crippen molar-refractivity contribution in [2.24, 2.45) is 0 Å². The van der Waals surface area contributed by atoms with Gasteiger partial charge in [0.1, 0.15) is 18.0 Å². The van der Waals surface area contributed by atoms with Gasteiger partial charge in [-0.2, -0.15) is 0 Å². The van der Waals surface area contributed by atoms with Crippen LogP contribution in [0.4, 0.5) is 4.79 Å². The molecule has 4 rings (SSSR count). The van der Waals surface area contributed by atoms with Crippen molar-refractivity contribution < 1.29 is 19.1 Å². The Morgan fingerprint density at radius 2 is 1.40 bits per heavy atom. The molecule has 0 saturated carbocycles. The van der Waals surface area contributed by atoms with Gasteiger partial charge in [0.05, 0.1) is 12.5 Å². The first-order chi connectivity index (χ1) is 21.4. The maximum absolute atomic E-state index is 13.7. The maximum atomic E-state index is 13.7. The SMILES string of the molecule is CCN(Cc1cc(C)c(OCc2ccc(C)cc2)c(C)c1)C(=O)C[C@@H](NC(=O)OC(C)(C)C)c1ccc(-c2ccccc2)cc1. The van der Waals surface area contributed by atoms with Gasteiger partial charge in [-0.15, -0.1) is 0 Å². The van der Waals surface area contributed by atoms with E-state index < -0.39 is 17.7 Å². The van der Waals surface area contributed by atoms with Gasteiger partial charge in [-0.05, 0) is 87.4 Å². The number of aryl methyl sites for hydroxylation is 3. The van der Waals surface area contributed by atoms with Crippen LogP contribution in [-0.2, 0) is 22.7 Å². The first-order valence-electron chi connectivity index (χ1n) is 15.6. The summed E-state index contributed by atoms with van der Waals surface area (Å²) < 4.78 is 11.8. The number of ether oxygens (including phenoxy) is 2. The molecule has 45 heavy (non-hydrogen) atoms. The summed E-state index contributed by atoms with van der Waals surface area (Å²) in [6.07, 6.45) is -0.448. The van der Waals surface area contributed by atoms with Crippen molar-refractivity contribution in [3.8, 4) is 16.9 Å². The summed E-state index contributed by atoms with van der Waals surface area (Å²) >= 11 is 0. The minimum absolute atomic E-state index is 0.0549. The zero-order valence-electron chi connectivity index (χ0n) is 27.6. The molecule has 6 heteroatoms. The van der Waals surface area contributed by atoms with Crippen LogP contribution in [0.5, 0.6) is 5.75 Å². The summed E-state index contributed by atoms with van der Waals surface area (Å²) in [5.41, 5.74) is 7.79. The van der Waals surface area contributed by atoms with Gasteiger partial charge in [-0.25, -0.2) is 4.79 Å². The lowest BCUT2D eigenvalue weighted by Crippen LogP contribution is -2.38. The highest BCUT2D eigenvalue weighted by Crippen LogP contribution is 2.28. The lowest BCUT2D eigenvalue weighted by atomic mass is 9.98. The van der Waals surface area contributed by atoms with E-state index in [-0.39, 0.29) is 12.3 Å². The molecule has 0 radical (unpaired) electrons. The molecule has 0 aliphatic rings. The van der Waals surface area contributed by atoms with Crippen LogP contribution < -0.4 is 10.1 Å². The number of benzene rings is 4. The van der Waals surface area contributed by atoms with E-state index in [9.17, 15) is 9.59 Å². The van der Waals surface area contributed by atoms with Gasteiger partial charge in [-0.3, -0.25) is 4.79 Å². The average molecular weight is 607 g/mol. The lowest BCUT2D eigenvalue weighted by Gasteiger charge is -2.27. The number of alkyl carbamates (subject to hydrolysis) is 1. The van der Waals surface area contributed by atoms with E-state index in [0.717, 1.165) is 44.7 Å². The zero-order chi connectivity index (χ0) is 32.6. The molecule has 0 bridgehead atoms. The van der Waals surface area contributed by atoms with Gasteiger partial charge in [0.15, 0.2) is 0 Å². The quantitative estimate of drug-likeness (QED) is 0.185. The minimum Gasteiger partial charge on any atom is -0.488 e. The van der Waals surface area contributed by atoms with Crippen LogP contribution in [0.25, 0.3) is 11.1 Å². The van der Waals surface area contributed by atoms with Gasteiger partial charge in [0.25, 0.3) is 0 Å². The van der Waals surface area contributed by atoms with E-state index in [1.54, 1.807) is 0 Å². The predicted molar refractivity (Wildman–Crippen MR) is 181 cm³/mol. The van der Waals surface area contributed by atoms with E-state index in [2.05, 4.69) is 60.8 Å². The Morgan fingerprint density at radius 3 is 1.98 bits per heavy atom. The van der Waals surface area contributed by atoms with Crippen molar-refractivity contribution in [2.45, 2.75) is 79.7 Å². The largest absolute Gasteiger partial charge is 0.488 e. The Morgan fingerprint density at radius 1 is 0.800 bits per heavy atom. The number of carbonyl (C=O) groups excluding carboxylic acids is 2. The molecule has 0 fully saturated rings. The van der Waals surface area contributed by atoms with Gasteiger partial charge in [0, 0.05) is 13.1 Å². The Labute approximate surface area is 268 Å². The van der Waals surface area contributed by atoms with Gasteiger partial charge in [0.2, 0.25) is 5.91 Å². The number of rotatable bonds is 11. The van der Waals surface area contributed by atoms with Gasteiger partial charge in [-0.1, -0.05) is 96.6 Å². The third kappa shape index (κ3) is 9.70. The van der Waals surface area contributed by atoms with E-state index in [4.69, 9.17) is 9.47 Å². The second kappa shape index (κ2) is 14.9. The Kier molecular flexibility index (Phi) is 11.1. The number of nitrogens with one attached hydrogen (secondary N) is 1. The first kappa shape index (κ1) is 33.3. The average Bonchev–Trinajstić information content (AvgIpc) is 2.99. The molecule has 4 aromatic carbocycles. The number of carbonyl (C=O) groups is 2. The molecular weight excluding hydrogens is 560 g/mol. The fraction of sp³-hybridized carbons (Fsp3) is 0.333. The zero-order valence-corrected chi connectivity index (χ0v) is 27.6. The molecule has 236 valence electrons. The molecule has 4 aromatic rings. The fourth-order valence-corrected chi connectivity index (χ4v) is 5.34. The van der Waals surface area contributed by atoms with Crippen LogP contribution in [0.1, 0.15) is 73.5 Å². The third-order valence-corrected chi connectivity index (χ3v) is 7.62. The molecule has 0 spiro atoms. The summed E-state index contributed by atoms with van der Waals surface area (Å²) in [7, 11) is 0. The third-order valence-electron chi connectivity index (χ3n) is 7.62. The summed E-state index contributed by atoms with van der Waals surface area (Å²) in [6.45, 7) is 15.1. The second-order valence-corrected chi connectivity index (χ2v) is 12.6. The summed E-state index contributed by atoms with van der Waals surface area (Å²) in [5.74, 6) is 0.815. The Hall–Kier alpha value is -4.58. The van der Waals surface area contributed by atoms with Crippen LogP contribution in [0.3, 0.4) is 0 Å². The van der Waals surface area contributed by atoms with Crippen molar-refractivity contribution in [1.29, 1.82) is 0 Å². The topological polar surface area (TPSA) is 67.9 Å². The molecule has 0 unspecified atom stereocenters. The molecule has 0 aliphatic carbocycles. The van der Waals surface area contributed by atoms with Crippen molar-refractivity contribution in [2.75, 3.05) is 6.54 Å². The van der Waals surface area contributed by atoms with Crippen LogP contribution in [0.15, 0.2) is 91.0 Å². The molecule has 1 atom stereocenters. The second-order valence-electron chi connectivity index (χ2n) is 12.6. The van der Waals surface area contributed by atoms with E-state index >= 15 is 0 Å². The number of amides is 2. The van der Waals surface area contributed by atoms with E-state index in [1.165, 1.54) is 5.56 Å². The molecule has 0 saturated heterocycles. The van der Waals surface area contributed by atoms with Gasteiger partial charge >= 0.3 is 6.09 Å². The number of nitrogens with zero attached hydrogens (tertiary/aromatic N) is 1. The molecule has 2 amide bonds. The summed E-state index contributed by atoms with van der Waals surface area (Å²) in [4.78, 5) is 28.4. The molecule has 6 nitrogen and oxygen atoms in total. The Balaban J connectivity index is 1.48. The van der Waals surface area contributed by atoms with Gasteiger partial charge < -0.3 is 19.7 Å². The number of hydrogen-bond donors (Lipinski definition) is 1. The van der Waals surface area contributed by atoms with Crippen molar-refractivity contribution in [3.63, 3.8) is 0 Å². The van der Waals surface area contributed by atoms with Crippen molar-refractivity contribution in [3.05, 3.63) is 124 Å². The predicted octanol–water partition coefficient (Wildman–Crippen LogP) is 8.86. The summed E-state index contributed by atoms with van der Waals surface area (Å²) in [6, 6.07) is 30.1. The highest BCUT2D eigenvalue weighted by molar-refractivity contribution is 5.78. The highest BCUT2D eigenvalue weighted by atomic mass is 16.6. The summed E-state index contributed by atoms with van der Waals surface area (Å²) in [5, 5.41) is 2.95. The van der Waals surface area contributed by atoms with Crippen molar-refractivity contribution in [1.82, 2.24) is 10.2 Å². The molecule has 0 aliphatic heterocycles. The molecule has 0 heterocycles. The van der Waals surface area contributed by atoms with Crippen LogP contribution in [0, 0.1) is 20.8 Å². The minimum atomic E-state index is -0.656. The van der Waals surface area contributed by atoms with Crippen molar-refractivity contribution >= 4 is 12.0 Å². The van der Waals surface area contributed by atoms with E-state index in [0.29, 0.717) is 19.7 Å². The number of hydrogen-bond acceptors (Lipinski definition) is 4. The van der Waals surface area contributed by atoms with Crippen LogP contribution in [-0.4, -0.2) is 29.0 Å². The Bertz CT molecular complexity index is 1550. The first-order valence-corrected chi connectivity index (χ1v) is 15.6. The normalized spacial score (nSPS) is 11.9. The molecular formula is C39H46N2O4. The monoisotopic (exact) mass is 606 g/mol.